The van der Waals surface area contributed by atoms with Crippen molar-refractivity contribution >= 4 is 60.8 Å². The van der Waals surface area contributed by atoms with Crippen molar-refractivity contribution in [3.05, 3.63) is 44.2 Å². The minimum Gasteiger partial charge on any atom is -0.487 e. The summed E-state index contributed by atoms with van der Waals surface area (Å²) in [6.45, 7) is 6.16. The van der Waals surface area contributed by atoms with Crippen LogP contribution in [-0.4, -0.2) is 29.2 Å². The molecule has 2 rings (SSSR count). The average molecular weight is 447 g/mol. The van der Waals surface area contributed by atoms with Crippen LogP contribution in [0.1, 0.15) is 12.5 Å². The van der Waals surface area contributed by atoms with Gasteiger partial charge in [0.05, 0.1) is 13.9 Å². The van der Waals surface area contributed by atoms with Crippen LogP contribution in [0.4, 0.5) is 4.79 Å². The lowest BCUT2D eigenvalue weighted by molar-refractivity contribution is -0.122. The second kappa shape index (κ2) is 7.48. The van der Waals surface area contributed by atoms with Gasteiger partial charge in [-0.1, -0.05) is 12.7 Å². The van der Waals surface area contributed by atoms with Crippen molar-refractivity contribution in [1.82, 2.24) is 4.90 Å². The van der Waals surface area contributed by atoms with Gasteiger partial charge in [-0.3, -0.25) is 14.5 Å². The Hall–Kier alpha value is -1.05. The number of hydrogen-bond acceptors (Lipinski definition) is 4. The monoisotopic (exact) mass is 445 g/mol. The molecule has 2 amide bonds. The molecule has 1 saturated heterocycles. The van der Waals surface area contributed by atoms with E-state index >= 15 is 0 Å². The molecule has 0 unspecified atom stereocenters. The number of carbonyl (C=O) groups excluding carboxylic acids is 2. The molecule has 0 atom stereocenters. The van der Waals surface area contributed by atoms with Gasteiger partial charge in [-0.25, -0.2) is 0 Å². The Kier molecular flexibility index (Phi) is 5.88. The molecule has 1 heterocycles. The molecule has 0 radical (unpaired) electrons. The number of amides is 2. The third-order valence-electron chi connectivity index (χ3n) is 2.85. The molecule has 0 aromatic heterocycles. The third-order valence-corrected chi connectivity index (χ3v) is 4.94. The number of carbonyl (C=O) groups is 2. The third kappa shape index (κ3) is 3.64. The highest BCUT2D eigenvalue weighted by molar-refractivity contribution is 9.11. The van der Waals surface area contributed by atoms with E-state index in [4.69, 9.17) is 4.74 Å². The molecule has 1 aliphatic heterocycles. The van der Waals surface area contributed by atoms with Crippen LogP contribution in [0.5, 0.6) is 5.75 Å². The summed E-state index contributed by atoms with van der Waals surface area (Å²) in [6, 6.07) is 3.67. The molecule has 0 aliphatic carbocycles. The van der Waals surface area contributed by atoms with Gasteiger partial charge in [0, 0.05) is 6.54 Å². The number of rotatable bonds is 5. The Morgan fingerprint density at radius 1 is 1.32 bits per heavy atom. The second-order valence-corrected chi connectivity index (χ2v) is 7.04. The lowest BCUT2D eigenvalue weighted by atomic mass is 10.2. The molecular weight excluding hydrogens is 434 g/mol. The zero-order valence-electron chi connectivity index (χ0n) is 11.8. The van der Waals surface area contributed by atoms with E-state index in [0.717, 1.165) is 26.3 Å². The zero-order valence-corrected chi connectivity index (χ0v) is 15.8. The van der Waals surface area contributed by atoms with Gasteiger partial charge in [0.2, 0.25) is 0 Å². The number of nitrogens with zero attached hydrogens (tertiary/aromatic N) is 1. The minimum absolute atomic E-state index is 0.234. The van der Waals surface area contributed by atoms with Crippen molar-refractivity contribution in [2.24, 2.45) is 0 Å². The molecule has 7 heteroatoms. The van der Waals surface area contributed by atoms with Crippen LogP contribution in [0.25, 0.3) is 6.08 Å². The summed E-state index contributed by atoms with van der Waals surface area (Å²) >= 11 is 7.84. The molecule has 0 saturated carbocycles. The summed E-state index contributed by atoms with van der Waals surface area (Å²) < 4.78 is 7.06. The molecule has 1 aromatic rings. The summed E-state index contributed by atoms with van der Waals surface area (Å²) in [5.74, 6) is 0.412. The molecule has 4 nitrogen and oxygen atoms in total. The summed E-state index contributed by atoms with van der Waals surface area (Å²) in [5.41, 5.74) is 0.798. The van der Waals surface area contributed by atoms with Gasteiger partial charge in [-0.15, -0.1) is 0 Å². The Morgan fingerprint density at radius 2 is 1.95 bits per heavy atom. The van der Waals surface area contributed by atoms with Crippen LogP contribution < -0.4 is 4.74 Å². The van der Waals surface area contributed by atoms with Gasteiger partial charge in [0.1, 0.15) is 12.4 Å². The number of hydrogen-bond donors (Lipinski definition) is 0. The van der Waals surface area contributed by atoms with Crippen molar-refractivity contribution < 1.29 is 14.3 Å². The number of thioether (sulfide) groups is 1. The van der Waals surface area contributed by atoms with Gasteiger partial charge in [0.25, 0.3) is 11.1 Å². The van der Waals surface area contributed by atoms with Gasteiger partial charge >= 0.3 is 0 Å². The summed E-state index contributed by atoms with van der Waals surface area (Å²) in [7, 11) is 0. The van der Waals surface area contributed by atoms with Crippen molar-refractivity contribution in [2.45, 2.75) is 6.92 Å². The number of likely N-dealkylation sites (N-methyl/N-ethyl adjacent to an activating group) is 1. The maximum absolute atomic E-state index is 12.1. The van der Waals surface area contributed by atoms with Crippen molar-refractivity contribution in [3.8, 4) is 5.75 Å². The number of benzene rings is 1. The molecule has 0 bridgehead atoms. The van der Waals surface area contributed by atoms with Crippen molar-refractivity contribution in [1.29, 1.82) is 0 Å². The lowest BCUT2D eigenvalue weighted by Gasteiger charge is -2.10. The van der Waals surface area contributed by atoms with Crippen LogP contribution in [-0.2, 0) is 4.79 Å². The summed E-state index contributed by atoms with van der Waals surface area (Å²) in [4.78, 5) is 25.4. The van der Waals surface area contributed by atoms with Gasteiger partial charge < -0.3 is 4.74 Å². The maximum atomic E-state index is 12.1. The van der Waals surface area contributed by atoms with E-state index in [1.807, 2.05) is 12.1 Å². The van der Waals surface area contributed by atoms with E-state index in [9.17, 15) is 9.59 Å². The topological polar surface area (TPSA) is 46.6 Å². The fourth-order valence-electron chi connectivity index (χ4n) is 1.87. The lowest BCUT2D eigenvalue weighted by Crippen LogP contribution is -2.27. The average Bonchev–Trinajstić information content (AvgIpc) is 2.72. The molecule has 1 aliphatic rings. The molecule has 1 aromatic carbocycles. The van der Waals surface area contributed by atoms with E-state index in [-0.39, 0.29) is 11.1 Å². The number of imide groups is 1. The first-order valence-electron chi connectivity index (χ1n) is 6.46. The first-order chi connectivity index (χ1) is 10.5. The highest BCUT2D eigenvalue weighted by atomic mass is 79.9. The SMILES string of the molecule is C=CCOc1c(Br)cc(C=C2SC(=O)N(CC)C2=O)cc1Br. The molecular formula is C15H13Br2NO3S. The van der Waals surface area contributed by atoms with Gasteiger partial charge in [-0.2, -0.15) is 0 Å². The summed E-state index contributed by atoms with van der Waals surface area (Å²) in [6.07, 6.45) is 3.36. The normalized spacial score (nSPS) is 16.5. The molecule has 22 heavy (non-hydrogen) atoms. The van der Waals surface area contributed by atoms with E-state index in [1.165, 1.54) is 4.90 Å². The smallest absolute Gasteiger partial charge is 0.293 e. The fraction of sp³-hybridized carbons (Fsp3) is 0.200. The van der Waals surface area contributed by atoms with Crippen LogP contribution in [0.2, 0.25) is 0 Å². The molecule has 0 N–H and O–H groups in total. The highest BCUT2D eigenvalue weighted by Gasteiger charge is 2.33. The van der Waals surface area contributed by atoms with Gasteiger partial charge in [-0.05, 0) is 74.3 Å². The van der Waals surface area contributed by atoms with Crippen LogP contribution >= 0.6 is 43.6 Å². The minimum atomic E-state index is -0.253. The van der Waals surface area contributed by atoms with E-state index in [2.05, 4.69) is 38.4 Å². The van der Waals surface area contributed by atoms with E-state index in [0.29, 0.717) is 23.8 Å². The predicted octanol–water partition coefficient (Wildman–Crippen LogP) is 4.83. The first-order valence-corrected chi connectivity index (χ1v) is 8.86. The number of halogens is 2. The Morgan fingerprint density at radius 3 is 2.45 bits per heavy atom. The van der Waals surface area contributed by atoms with E-state index in [1.54, 1.807) is 19.1 Å². The summed E-state index contributed by atoms with van der Waals surface area (Å²) in [5, 5.41) is -0.234. The highest BCUT2D eigenvalue weighted by Crippen LogP contribution is 2.37. The second-order valence-electron chi connectivity index (χ2n) is 4.34. The predicted molar refractivity (Wildman–Crippen MR) is 95.9 cm³/mol. The van der Waals surface area contributed by atoms with E-state index < -0.39 is 0 Å². The number of ether oxygens (including phenoxy) is 1. The van der Waals surface area contributed by atoms with Crippen molar-refractivity contribution in [3.63, 3.8) is 0 Å². The Bertz CT molecular complexity index is 650. The van der Waals surface area contributed by atoms with Crippen LogP contribution in [0.15, 0.2) is 38.6 Å². The van der Waals surface area contributed by atoms with Crippen LogP contribution in [0, 0.1) is 0 Å². The molecule has 1 fully saturated rings. The molecule has 0 spiro atoms. The largest absolute Gasteiger partial charge is 0.487 e. The Labute approximate surface area is 149 Å². The Balaban J connectivity index is 2.31. The quantitative estimate of drug-likeness (QED) is 0.479. The first kappa shape index (κ1) is 17.3. The maximum Gasteiger partial charge on any atom is 0.293 e. The van der Waals surface area contributed by atoms with Crippen molar-refractivity contribution in [2.75, 3.05) is 13.2 Å². The zero-order chi connectivity index (χ0) is 16.3. The molecule has 116 valence electrons. The van der Waals surface area contributed by atoms with Gasteiger partial charge in [0.15, 0.2) is 0 Å². The standard InChI is InChI=1S/C15H13Br2NO3S/c1-3-5-21-13-10(16)6-9(7-11(13)17)8-12-14(19)18(4-2)15(20)22-12/h3,6-8H,1,4-5H2,2H3. The van der Waals surface area contributed by atoms with Crippen LogP contribution in [0.3, 0.4) is 0 Å². The fourth-order valence-corrected chi connectivity index (χ4v) is 4.22.